The number of rotatable bonds is 5. The number of phenols is 1. The Morgan fingerprint density at radius 3 is 2.52 bits per heavy atom. The van der Waals surface area contributed by atoms with Crippen LogP contribution in [0.2, 0.25) is 0 Å². The number of nitrogens with one attached hydrogen (secondary N) is 1. The van der Waals surface area contributed by atoms with E-state index < -0.39 is 5.97 Å². The number of carbonyl (C=O) groups is 1. The van der Waals surface area contributed by atoms with Gasteiger partial charge in [-0.2, -0.15) is 0 Å². The van der Waals surface area contributed by atoms with Crippen LogP contribution in [-0.4, -0.2) is 21.2 Å². The van der Waals surface area contributed by atoms with E-state index in [9.17, 15) is 15.0 Å². The lowest BCUT2D eigenvalue weighted by Gasteiger charge is -2.18. The van der Waals surface area contributed by atoms with Crippen LogP contribution in [0.4, 0.5) is 0 Å². The van der Waals surface area contributed by atoms with Crippen molar-refractivity contribution in [3.05, 3.63) is 76.9 Å². The Kier molecular flexibility index (Phi) is 4.78. The van der Waals surface area contributed by atoms with Crippen LogP contribution in [0, 0.1) is 0 Å². The summed E-state index contributed by atoms with van der Waals surface area (Å²) in [7, 11) is 0. The average molecular weight is 412 g/mol. The van der Waals surface area contributed by atoms with E-state index in [-0.39, 0.29) is 11.3 Å². The van der Waals surface area contributed by atoms with Gasteiger partial charge in [-0.3, -0.25) is 0 Å². The highest BCUT2D eigenvalue weighted by Gasteiger charge is 2.24. The van der Waals surface area contributed by atoms with Crippen molar-refractivity contribution >= 4 is 16.9 Å². The molecule has 0 atom stereocenters. The Balaban J connectivity index is 1.54. The molecular formula is C27H25NO3. The SMILES string of the molecule is CCCCc1ccc(-c2ccc3c4c([nH]c3c2)-c2cc(O)c(C(=O)O)cc2CC4)cc1. The van der Waals surface area contributed by atoms with Gasteiger partial charge in [-0.05, 0) is 71.7 Å². The highest BCUT2D eigenvalue weighted by Crippen LogP contribution is 2.41. The number of unbranched alkanes of at least 4 members (excludes halogenated alkanes) is 1. The first-order valence-corrected chi connectivity index (χ1v) is 10.9. The van der Waals surface area contributed by atoms with Crippen LogP contribution in [0.15, 0.2) is 54.6 Å². The normalized spacial score (nSPS) is 12.5. The van der Waals surface area contributed by atoms with E-state index in [0.717, 1.165) is 47.2 Å². The fourth-order valence-electron chi connectivity index (χ4n) is 4.67. The van der Waals surface area contributed by atoms with Gasteiger partial charge >= 0.3 is 5.97 Å². The van der Waals surface area contributed by atoms with Crippen LogP contribution in [-0.2, 0) is 19.3 Å². The molecule has 156 valence electrons. The molecule has 0 amide bonds. The van der Waals surface area contributed by atoms with Gasteiger partial charge in [0.25, 0.3) is 0 Å². The molecule has 0 saturated carbocycles. The van der Waals surface area contributed by atoms with Crippen molar-refractivity contribution in [1.29, 1.82) is 0 Å². The first-order valence-electron chi connectivity index (χ1n) is 10.9. The largest absolute Gasteiger partial charge is 0.507 e. The second-order valence-electron chi connectivity index (χ2n) is 8.37. The van der Waals surface area contributed by atoms with Crippen molar-refractivity contribution in [3.63, 3.8) is 0 Å². The van der Waals surface area contributed by atoms with Crippen molar-refractivity contribution in [3.8, 4) is 28.1 Å². The Morgan fingerprint density at radius 2 is 1.77 bits per heavy atom. The molecule has 0 unspecified atom stereocenters. The molecule has 4 nitrogen and oxygen atoms in total. The zero-order chi connectivity index (χ0) is 21.5. The van der Waals surface area contributed by atoms with Crippen molar-refractivity contribution in [2.75, 3.05) is 0 Å². The number of aromatic hydroxyl groups is 1. The number of aryl methyl sites for hydroxylation is 3. The number of hydrogen-bond acceptors (Lipinski definition) is 2. The van der Waals surface area contributed by atoms with Crippen LogP contribution < -0.4 is 0 Å². The van der Waals surface area contributed by atoms with Crippen LogP contribution in [0.25, 0.3) is 33.3 Å². The molecule has 0 spiro atoms. The second kappa shape index (κ2) is 7.62. The maximum atomic E-state index is 11.4. The third kappa shape index (κ3) is 3.38. The third-order valence-electron chi connectivity index (χ3n) is 6.38. The van der Waals surface area contributed by atoms with Crippen LogP contribution in [0.3, 0.4) is 0 Å². The number of carboxylic acids is 1. The van der Waals surface area contributed by atoms with Crippen molar-refractivity contribution < 1.29 is 15.0 Å². The molecule has 0 fully saturated rings. The molecule has 0 saturated heterocycles. The standard InChI is InChI=1S/C27H25NO3/c1-2-3-4-16-5-7-17(8-6-16)18-9-11-20-21-12-10-19-13-23(27(30)31)25(29)15-22(19)26(21)28-24(20)14-18/h5-9,11,13-15,28-29H,2-4,10,12H2,1H3,(H,30,31). The summed E-state index contributed by atoms with van der Waals surface area (Å²) in [6, 6.07) is 18.5. The first-order chi connectivity index (χ1) is 15.0. The molecule has 1 aliphatic rings. The first kappa shape index (κ1) is 19.4. The Morgan fingerprint density at radius 1 is 1.00 bits per heavy atom. The predicted molar refractivity (Wildman–Crippen MR) is 124 cm³/mol. The van der Waals surface area contributed by atoms with Crippen LogP contribution in [0.5, 0.6) is 5.75 Å². The maximum absolute atomic E-state index is 11.4. The molecule has 3 N–H and O–H groups in total. The van der Waals surface area contributed by atoms with Gasteiger partial charge in [0.15, 0.2) is 0 Å². The van der Waals surface area contributed by atoms with E-state index in [0.29, 0.717) is 0 Å². The molecule has 4 aromatic rings. The average Bonchev–Trinajstić information content (AvgIpc) is 3.16. The van der Waals surface area contributed by atoms with Crippen molar-refractivity contribution in [1.82, 2.24) is 4.98 Å². The quantitative estimate of drug-likeness (QED) is 0.358. The Bertz CT molecular complexity index is 1300. The van der Waals surface area contributed by atoms with Gasteiger partial charge < -0.3 is 15.2 Å². The highest BCUT2D eigenvalue weighted by atomic mass is 16.4. The molecule has 3 aromatic carbocycles. The number of aromatic nitrogens is 1. The number of H-pyrrole nitrogens is 1. The summed E-state index contributed by atoms with van der Waals surface area (Å²) in [5, 5.41) is 20.7. The summed E-state index contributed by atoms with van der Waals surface area (Å²) in [6.07, 6.45) is 5.14. The molecule has 31 heavy (non-hydrogen) atoms. The summed E-state index contributed by atoms with van der Waals surface area (Å²) in [5.74, 6) is -1.30. The molecule has 0 bridgehead atoms. The van der Waals surface area contributed by atoms with E-state index in [4.69, 9.17) is 0 Å². The summed E-state index contributed by atoms with van der Waals surface area (Å²) in [6.45, 7) is 2.21. The fourth-order valence-corrected chi connectivity index (χ4v) is 4.67. The number of hydrogen-bond donors (Lipinski definition) is 3. The molecule has 0 radical (unpaired) electrons. The zero-order valence-electron chi connectivity index (χ0n) is 17.5. The van der Waals surface area contributed by atoms with Gasteiger partial charge in [-0.1, -0.05) is 49.7 Å². The third-order valence-corrected chi connectivity index (χ3v) is 6.38. The van der Waals surface area contributed by atoms with Gasteiger partial charge in [0.2, 0.25) is 0 Å². The van der Waals surface area contributed by atoms with E-state index >= 15 is 0 Å². The van der Waals surface area contributed by atoms with Gasteiger partial charge in [-0.15, -0.1) is 0 Å². The molecule has 5 rings (SSSR count). The fraction of sp³-hybridized carbons (Fsp3) is 0.222. The number of aromatic carboxylic acids is 1. The van der Waals surface area contributed by atoms with E-state index in [1.807, 2.05) is 0 Å². The highest BCUT2D eigenvalue weighted by molar-refractivity contribution is 5.97. The van der Waals surface area contributed by atoms with Gasteiger partial charge in [0.05, 0.1) is 5.69 Å². The van der Waals surface area contributed by atoms with Crippen LogP contribution >= 0.6 is 0 Å². The summed E-state index contributed by atoms with van der Waals surface area (Å²) >= 11 is 0. The smallest absolute Gasteiger partial charge is 0.339 e. The van der Waals surface area contributed by atoms with Crippen LogP contribution in [0.1, 0.15) is 46.8 Å². The molecule has 1 heterocycles. The minimum Gasteiger partial charge on any atom is -0.507 e. The van der Waals surface area contributed by atoms with Gasteiger partial charge in [0.1, 0.15) is 11.3 Å². The Hall–Kier alpha value is -3.53. The van der Waals surface area contributed by atoms with Gasteiger partial charge in [0, 0.05) is 16.5 Å². The molecule has 0 aliphatic heterocycles. The lowest BCUT2D eigenvalue weighted by atomic mass is 9.87. The maximum Gasteiger partial charge on any atom is 0.339 e. The van der Waals surface area contributed by atoms with E-state index in [2.05, 4.69) is 54.4 Å². The van der Waals surface area contributed by atoms with E-state index in [1.54, 1.807) is 12.1 Å². The summed E-state index contributed by atoms with van der Waals surface area (Å²) in [4.78, 5) is 14.9. The second-order valence-corrected chi connectivity index (χ2v) is 8.37. The minimum absolute atomic E-state index is 0.0389. The predicted octanol–water partition coefficient (Wildman–Crippen LogP) is 6.35. The molecule has 4 heteroatoms. The zero-order valence-corrected chi connectivity index (χ0v) is 17.5. The lowest BCUT2D eigenvalue weighted by Crippen LogP contribution is -2.06. The van der Waals surface area contributed by atoms with Crippen molar-refractivity contribution in [2.45, 2.75) is 39.0 Å². The topological polar surface area (TPSA) is 73.3 Å². The Labute approximate surface area is 181 Å². The number of carboxylic acid groups (broad SMARTS) is 1. The number of aromatic amines is 1. The number of fused-ring (bicyclic) bond motifs is 5. The number of benzene rings is 3. The molecule has 1 aliphatic carbocycles. The van der Waals surface area contributed by atoms with E-state index in [1.165, 1.54) is 34.9 Å². The summed E-state index contributed by atoms with van der Waals surface area (Å²) in [5.41, 5.74) is 8.81. The monoisotopic (exact) mass is 411 g/mol. The molecule has 1 aromatic heterocycles. The van der Waals surface area contributed by atoms with Gasteiger partial charge in [-0.25, -0.2) is 4.79 Å². The summed E-state index contributed by atoms with van der Waals surface area (Å²) < 4.78 is 0. The van der Waals surface area contributed by atoms with Crippen molar-refractivity contribution in [2.24, 2.45) is 0 Å². The lowest BCUT2D eigenvalue weighted by molar-refractivity contribution is 0.0693. The minimum atomic E-state index is -1.10. The molecular weight excluding hydrogens is 386 g/mol.